The van der Waals surface area contributed by atoms with Gasteiger partial charge in [-0.1, -0.05) is 31.2 Å². The SMILES string of the molecule is CCNCC/C=C(/C)c1cccc2ccncc12. The van der Waals surface area contributed by atoms with Gasteiger partial charge in [0.1, 0.15) is 0 Å². The first-order valence-electron chi connectivity index (χ1n) is 6.53. The first-order chi connectivity index (χ1) is 8.83. The molecule has 1 N–H and O–H groups in total. The van der Waals surface area contributed by atoms with Gasteiger partial charge >= 0.3 is 0 Å². The highest BCUT2D eigenvalue weighted by Crippen LogP contribution is 2.24. The first-order valence-corrected chi connectivity index (χ1v) is 6.53. The first kappa shape index (κ1) is 12.8. The molecule has 0 aliphatic heterocycles. The van der Waals surface area contributed by atoms with Crippen molar-refractivity contribution >= 4 is 16.3 Å². The van der Waals surface area contributed by atoms with E-state index in [0.717, 1.165) is 19.5 Å². The van der Waals surface area contributed by atoms with Crippen LogP contribution in [0.25, 0.3) is 16.3 Å². The Morgan fingerprint density at radius 1 is 1.33 bits per heavy atom. The highest BCUT2D eigenvalue weighted by Gasteiger charge is 2.01. The highest BCUT2D eigenvalue weighted by molar-refractivity contribution is 5.92. The van der Waals surface area contributed by atoms with E-state index in [1.807, 2.05) is 12.4 Å². The zero-order valence-electron chi connectivity index (χ0n) is 11.1. The number of allylic oxidation sites excluding steroid dienone is 1. The minimum absolute atomic E-state index is 1.03. The maximum absolute atomic E-state index is 4.23. The van der Waals surface area contributed by atoms with E-state index in [0.29, 0.717) is 0 Å². The smallest absolute Gasteiger partial charge is 0.0352 e. The zero-order chi connectivity index (χ0) is 12.8. The van der Waals surface area contributed by atoms with Crippen molar-refractivity contribution in [2.75, 3.05) is 13.1 Å². The average molecular weight is 240 g/mol. The molecule has 2 aromatic rings. The van der Waals surface area contributed by atoms with Gasteiger partial charge in [0, 0.05) is 17.8 Å². The number of aromatic nitrogens is 1. The number of hydrogen-bond acceptors (Lipinski definition) is 2. The van der Waals surface area contributed by atoms with Gasteiger partial charge in [-0.25, -0.2) is 0 Å². The summed E-state index contributed by atoms with van der Waals surface area (Å²) >= 11 is 0. The van der Waals surface area contributed by atoms with Gasteiger partial charge in [0.25, 0.3) is 0 Å². The van der Waals surface area contributed by atoms with Gasteiger partial charge < -0.3 is 5.32 Å². The monoisotopic (exact) mass is 240 g/mol. The average Bonchev–Trinajstić information content (AvgIpc) is 2.43. The van der Waals surface area contributed by atoms with Crippen LogP contribution >= 0.6 is 0 Å². The minimum atomic E-state index is 1.03. The van der Waals surface area contributed by atoms with E-state index >= 15 is 0 Å². The van der Waals surface area contributed by atoms with Gasteiger partial charge in [0.2, 0.25) is 0 Å². The van der Waals surface area contributed by atoms with Gasteiger partial charge in [-0.2, -0.15) is 0 Å². The normalized spacial score (nSPS) is 12.0. The molecule has 0 saturated heterocycles. The van der Waals surface area contributed by atoms with Crippen molar-refractivity contribution in [3.8, 4) is 0 Å². The molecule has 0 aliphatic rings. The van der Waals surface area contributed by atoms with Crippen LogP contribution in [-0.4, -0.2) is 18.1 Å². The van der Waals surface area contributed by atoms with Crippen LogP contribution in [0.2, 0.25) is 0 Å². The number of benzene rings is 1. The van der Waals surface area contributed by atoms with Gasteiger partial charge in [-0.05, 0) is 49.0 Å². The summed E-state index contributed by atoms with van der Waals surface area (Å²) in [5, 5.41) is 5.82. The second-order valence-corrected chi connectivity index (χ2v) is 4.43. The van der Waals surface area contributed by atoms with E-state index in [4.69, 9.17) is 0 Å². The van der Waals surface area contributed by atoms with Crippen LogP contribution in [0.4, 0.5) is 0 Å². The minimum Gasteiger partial charge on any atom is -0.317 e. The molecule has 0 aliphatic carbocycles. The van der Waals surface area contributed by atoms with E-state index in [1.54, 1.807) is 0 Å². The molecule has 2 heteroatoms. The Balaban J connectivity index is 2.24. The molecule has 0 atom stereocenters. The third-order valence-corrected chi connectivity index (χ3v) is 3.13. The fourth-order valence-corrected chi connectivity index (χ4v) is 2.13. The lowest BCUT2D eigenvalue weighted by atomic mass is 10.00. The Morgan fingerprint density at radius 3 is 3.06 bits per heavy atom. The van der Waals surface area contributed by atoms with Crippen molar-refractivity contribution in [3.05, 3.63) is 48.3 Å². The number of hydrogen-bond donors (Lipinski definition) is 1. The Bertz CT molecular complexity index is 538. The Morgan fingerprint density at radius 2 is 2.22 bits per heavy atom. The molecule has 0 saturated carbocycles. The van der Waals surface area contributed by atoms with Crippen molar-refractivity contribution < 1.29 is 0 Å². The van der Waals surface area contributed by atoms with E-state index < -0.39 is 0 Å². The van der Waals surface area contributed by atoms with E-state index in [1.165, 1.54) is 21.9 Å². The lowest BCUT2D eigenvalue weighted by Crippen LogP contribution is -2.13. The van der Waals surface area contributed by atoms with Gasteiger partial charge in [-0.15, -0.1) is 0 Å². The Labute approximate surface area is 109 Å². The van der Waals surface area contributed by atoms with Crippen molar-refractivity contribution in [1.29, 1.82) is 0 Å². The van der Waals surface area contributed by atoms with Gasteiger partial charge in [0.15, 0.2) is 0 Å². The van der Waals surface area contributed by atoms with Crippen LogP contribution < -0.4 is 5.32 Å². The maximum Gasteiger partial charge on any atom is 0.0352 e. The predicted octanol–water partition coefficient (Wildman–Crippen LogP) is 3.64. The summed E-state index contributed by atoms with van der Waals surface area (Å²) in [5.41, 5.74) is 2.61. The number of nitrogens with zero attached hydrogens (tertiary/aromatic N) is 1. The molecular formula is C16H20N2. The third kappa shape index (κ3) is 2.96. The van der Waals surface area contributed by atoms with E-state index in [9.17, 15) is 0 Å². The third-order valence-electron chi connectivity index (χ3n) is 3.13. The molecule has 1 aromatic heterocycles. The van der Waals surface area contributed by atoms with Gasteiger partial charge in [-0.3, -0.25) is 4.98 Å². The van der Waals surface area contributed by atoms with Crippen LogP contribution in [-0.2, 0) is 0 Å². The molecule has 0 radical (unpaired) electrons. The summed E-state index contributed by atoms with van der Waals surface area (Å²) in [5.74, 6) is 0. The standard InChI is InChI=1S/C16H20N2/c1-3-17-10-5-6-13(2)15-8-4-7-14-9-11-18-12-16(14)15/h4,6-9,11-12,17H,3,5,10H2,1-2H3/b13-6-. The topological polar surface area (TPSA) is 24.9 Å². The van der Waals surface area contributed by atoms with Crippen LogP contribution in [0.5, 0.6) is 0 Å². The molecule has 18 heavy (non-hydrogen) atoms. The molecule has 2 rings (SSSR count). The number of nitrogens with one attached hydrogen (secondary N) is 1. The second kappa shape index (κ2) is 6.31. The molecule has 94 valence electrons. The fourth-order valence-electron chi connectivity index (χ4n) is 2.13. The summed E-state index contributed by atoms with van der Waals surface area (Å²) in [6.07, 6.45) is 7.16. The second-order valence-electron chi connectivity index (χ2n) is 4.43. The lowest BCUT2D eigenvalue weighted by Gasteiger charge is -2.07. The molecule has 0 amide bonds. The largest absolute Gasteiger partial charge is 0.317 e. The van der Waals surface area contributed by atoms with E-state index in [-0.39, 0.29) is 0 Å². The van der Waals surface area contributed by atoms with Crippen molar-refractivity contribution in [1.82, 2.24) is 10.3 Å². The summed E-state index contributed by atoms with van der Waals surface area (Å²) < 4.78 is 0. The summed E-state index contributed by atoms with van der Waals surface area (Å²) in [4.78, 5) is 4.23. The van der Waals surface area contributed by atoms with Gasteiger partial charge in [0.05, 0.1) is 0 Å². The van der Waals surface area contributed by atoms with Crippen molar-refractivity contribution in [2.45, 2.75) is 20.3 Å². The summed E-state index contributed by atoms with van der Waals surface area (Å²) in [7, 11) is 0. The lowest BCUT2D eigenvalue weighted by molar-refractivity contribution is 0.727. The van der Waals surface area contributed by atoms with Crippen molar-refractivity contribution in [3.63, 3.8) is 0 Å². The Hall–Kier alpha value is -1.67. The molecule has 1 heterocycles. The fraction of sp³-hybridized carbons (Fsp3) is 0.312. The highest BCUT2D eigenvalue weighted by atomic mass is 14.8. The quantitative estimate of drug-likeness (QED) is 0.807. The van der Waals surface area contributed by atoms with Crippen LogP contribution in [0.15, 0.2) is 42.7 Å². The molecule has 0 bridgehead atoms. The van der Waals surface area contributed by atoms with Crippen molar-refractivity contribution in [2.24, 2.45) is 0 Å². The molecule has 0 spiro atoms. The van der Waals surface area contributed by atoms with Crippen LogP contribution in [0, 0.1) is 0 Å². The maximum atomic E-state index is 4.23. The molecule has 2 nitrogen and oxygen atoms in total. The molecule has 1 aromatic carbocycles. The summed E-state index contributed by atoms with van der Waals surface area (Å²) in [6, 6.07) is 8.47. The zero-order valence-corrected chi connectivity index (χ0v) is 11.1. The van der Waals surface area contributed by atoms with Crippen LogP contribution in [0.1, 0.15) is 25.8 Å². The Kier molecular flexibility index (Phi) is 4.48. The predicted molar refractivity (Wildman–Crippen MR) is 78.6 cm³/mol. The molecule has 0 unspecified atom stereocenters. The van der Waals surface area contributed by atoms with Crippen LogP contribution in [0.3, 0.4) is 0 Å². The number of fused-ring (bicyclic) bond motifs is 1. The number of pyridine rings is 1. The number of rotatable bonds is 5. The summed E-state index contributed by atoms with van der Waals surface area (Å²) in [6.45, 7) is 6.38. The molecule has 0 fully saturated rings. The van der Waals surface area contributed by atoms with E-state index in [2.05, 4.69) is 54.5 Å². The molecular weight excluding hydrogens is 220 g/mol.